The molecule has 0 radical (unpaired) electrons. The molecule has 7 heteroatoms. The van der Waals surface area contributed by atoms with E-state index in [-0.39, 0.29) is 5.97 Å². The molecule has 0 saturated carbocycles. The minimum Gasteiger partial charge on any atom is -0.493 e. The number of hydrogen-bond acceptors (Lipinski definition) is 5. The molecule has 1 rings (SSSR count). The molecule has 0 amide bonds. The summed E-state index contributed by atoms with van der Waals surface area (Å²) in [6.07, 6.45) is 4.25. The summed E-state index contributed by atoms with van der Waals surface area (Å²) >= 11 is 0. The molecule has 0 atom stereocenters. The summed E-state index contributed by atoms with van der Waals surface area (Å²) in [5, 5.41) is 3.03. The van der Waals surface area contributed by atoms with Gasteiger partial charge in [-0.3, -0.25) is 9.79 Å². The van der Waals surface area contributed by atoms with Gasteiger partial charge < -0.3 is 25.3 Å². The zero-order valence-corrected chi connectivity index (χ0v) is 15.3. The maximum Gasteiger partial charge on any atom is 0.305 e. The number of carbonyl (C=O) groups excluding carboxylic acids is 1. The lowest BCUT2D eigenvalue weighted by molar-refractivity contribution is -0.143. The van der Waals surface area contributed by atoms with Crippen LogP contribution in [-0.2, 0) is 9.53 Å². The summed E-state index contributed by atoms with van der Waals surface area (Å²) in [5.74, 6) is 1.52. The third-order valence-electron chi connectivity index (χ3n) is 3.53. The fourth-order valence-electron chi connectivity index (χ4n) is 2.27. The number of nitrogens with zero attached hydrogens (tertiary/aromatic N) is 1. The Labute approximate surface area is 149 Å². The van der Waals surface area contributed by atoms with Gasteiger partial charge in [-0.25, -0.2) is 0 Å². The summed E-state index contributed by atoms with van der Waals surface area (Å²) in [6, 6.07) is 5.45. The number of benzene rings is 1. The Balaban J connectivity index is 2.27. The molecule has 0 unspecified atom stereocenters. The van der Waals surface area contributed by atoms with Crippen LogP contribution in [0.25, 0.3) is 0 Å². The lowest BCUT2D eigenvalue weighted by Gasteiger charge is -2.10. The fraction of sp³-hybridized carbons (Fsp3) is 0.556. The number of unbranched alkanes of at least 4 members (excludes halogenated alkanes) is 3. The molecule has 140 valence electrons. The van der Waals surface area contributed by atoms with Gasteiger partial charge in [0.15, 0.2) is 17.5 Å². The molecule has 7 nitrogen and oxygen atoms in total. The van der Waals surface area contributed by atoms with Gasteiger partial charge in [0.1, 0.15) is 0 Å². The van der Waals surface area contributed by atoms with Crippen molar-refractivity contribution < 1.29 is 19.0 Å². The Hall–Kier alpha value is -2.44. The average Bonchev–Trinajstić information content (AvgIpc) is 2.61. The van der Waals surface area contributed by atoms with E-state index in [0.29, 0.717) is 37.0 Å². The van der Waals surface area contributed by atoms with Crippen LogP contribution >= 0.6 is 0 Å². The van der Waals surface area contributed by atoms with Crippen LogP contribution in [0.4, 0.5) is 5.69 Å². The van der Waals surface area contributed by atoms with Crippen molar-refractivity contribution in [1.29, 1.82) is 0 Å². The van der Waals surface area contributed by atoms with E-state index in [1.54, 1.807) is 26.4 Å². The van der Waals surface area contributed by atoms with Crippen molar-refractivity contribution in [2.75, 3.05) is 32.7 Å². The Morgan fingerprint density at radius 3 is 2.52 bits per heavy atom. The molecule has 3 N–H and O–H groups in total. The second kappa shape index (κ2) is 12.0. The number of rotatable bonds is 11. The molecule has 1 aromatic carbocycles. The van der Waals surface area contributed by atoms with Crippen molar-refractivity contribution in [3.05, 3.63) is 18.2 Å². The predicted molar refractivity (Wildman–Crippen MR) is 99.4 cm³/mol. The Kier molecular flexibility index (Phi) is 9.89. The highest BCUT2D eigenvalue weighted by Crippen LogP contribution is 2.29. The van der Waals surface area contributed by atoms with Crippen LogP contribution in [0.5, 0.6) is 11.5 Å². The van der Waals surface area contributed by atoms with Crippen LogP contribution in [-0.4, -0.2) is 39.3 Å². The standard InChI is InChI=1S/C18H29N3O4/c1-4-25-17(22)9-7-5-6-8-12-20-18(19)21-14-10-11-15(23-2)16(13-14)24-3/h10-11,13H,4-9,12H2,1-3H3,(H3,19,20,21). The minimum atomic E-state index is -0.121. The molecule has 0 aromatic heterocycles. The topological polar surface area (TPSA) is 95.2 Å². The maximum absolute atomic E-state index is 11.2. The first-order valence-electron chi connectivity index (χ1n) is 8.55. The van der Waals surface area contributed by atoms with E-state index in [4.69, 9.17) is 19.9 Å². The molecule has 0 spiro atoms. The molecule has 0 bridgehead atoms. The van der Waals surface area contributed by atoms with Gasteiger partial charge in [0.25, 0.3) is 0 Å². The van der Waals surface area contributed by atoms with E-state index in [0.717, 1.165) is 31.4 Å². The Morgan fingerprint density at radius 2 is 1.84 bits per heavy atom. The second-order valence-electron chi connectivity index (χ2n) is 5.43. The highest BCUT2D eigenvalue weighted by molar-refractivity contribution is 5.92. The van der Waals surface area contributed by atoms with Gasteiger partial charge in [0, 0.05) is 24.7 Å². The molecule has 0 aliphatic rings. The first-order valence-corrected chi connectivity index (χ1v) is 8.55. The third-order valence-corrected chi connectivity index (χ3v) is 3.53. The largest absolute Gasteiger partial charge is 0.493 e. The third kappa shape index (κ3) is 8.28. The highest BCUT2D eigenvalue weighted by Gasteiger charge is 2.05. The molecular weight excluding hydrogens is 322 g/mol. The van der Waals surface area contributed by atoms with Gasteiger partial charge >= 0.3 is 5.97 Å². The lowest BCUT2D eigenvalue weighted by Crippen LogP contribution is -2.22. The molecule has 25 heavy (non-hydrogen) atoms. The first kappa shape index (κ1) is 20.6. The summed E-state index contributed by atoms with van der Waals surface area (Å²) in [4.78, 5) is 15.5. The number of hydrogen-bond donors (Lipinski definition) is 2. The van der Waals surface area contributed by atoms with Gasteiger partial charge in [0.05, 0.1) is 20.8 Å². The predicted octanol–water partition coefficient (Wildman–Crippen LogP) is 2.94. The van der Waals surface area contributed by atoms with Crippen molar-refractivity contribution in [2.45, 2.75) is 39.0 Å². The number of nitrogens with two attached hydrogens (primary N) is 1. The summed E-state index contributed by atoms with van der Waals surface area (Å²) in [6.45, 7) is 2.90. The van der Waals surface area contributed by atoms with Crippen LogP contribution in [0.15, 0.2) is 23.2 Å². The van der Waals surface area contributed by atoms with E-state index in [2.05, 4.69) is 10.3 Å². The average molecular weight is 351 g/mol. The van der Waals surface area contributed by atoms with E-state index >= 15 is 0 Å². The van der Waals surface area contributed by atoms with Crippen LogP contribution in [0, 0.1) is 0 Å². The number of ether oxygens (including phenoxy) is 3. The van der Waals surface area contributed by atoms with Crippen LogP contribution in [0.3, 0.4) is 0 Å². The smallest absolute Gasteiger partial charge is 0.305 e. The van der Waals surface area contributed by atoms with Crippen LogP contribution < -0.4 is 20.5 Å². The van der Waals surface area contributed by atoms with E-state index < -0.39 is 0 Å². The van der Waals surface area contributed by atoms with E-state index in [1.165, 1.54) is 0 Å². The van der Waals surface area contributed by atoms with Gasteiger partial charge in [0.2, 0.25) is 0 Å². The van der Waals surface area contributed by atoms with Gasteiger partial charge in [-0.05, 0) is 31.9 Å². The van der Waals surface area contributed by atoms with Gasteiger partial charge in [-0.15, -0.1) is 0 Å². The zero-order valence-electron chi connectivity index (χ0n) is 15.3. The summed E-state index contributed by atoms with van der Waals surface area (Å²) in [7, 11) is 3.18. The monoisotopic (exact) mass is 351 g/mol. The minimum absolute atomic E-state index is 0.121. The number of anilines is 1. The molecule has 1 aromatic rings. The van der Waals surface area contributed by atoms with Crippen molar-refractivity contribution >= 4 is 17.6 Å². The number of esters is 1. The number of carbonyl (C=O) groups is 1. The highest BCUT2D eigenvalue weighted by atomic mass is 16.5. The number of methoxy groups -OCH3 is 2. The van der Waals surface area contributed by atoms with Gasteiger partial charge in [-0.2, -0.15) is 0 Å². The molecule has 0 aliphatic heterocycles. The van der Waals surface area contributed by atoms with E-state index in [1.807, 2.05) is 13.0 Å². The second-order valence-corrected chi connectivity index (χ2v) is 5.43. The first-order chi connectivity index (χ1) is 12.1. The lowest BCUT2D eigenvalue weighted by atomic mass is 10.1. The van der Waals surface area contributed by atoms with Crippen LogP contribution in [0.1, 0.15) is 39.0 Å². The number of nitrogens with one attached hydrogen (secondary N) is 1. The molecule has 0 saturated heterocycles. The fourth-order valence-corrected chi connectivity index (χ4v) is 2.27. The van der Waals surface area contributed by atoms with Crippen LogP contribution in [0.2, 0.25) is 0 Å². The summed E-state index contributed by atoms with van der Waals surface area (Å²) < 4.78 is 15.3. The van der Waals surface area contributed by atoms with Crippen molar-refractivity contribution in [3.8, 4) is 11.5 Å². The molecule has 0 aliphatic carbocycles. The van der Waals surface area contributed by atoms with Gasteiger partial charge in [-0.1, -0.05) is 12.8 Å². The van der Waals surface area contributed by atoms with Crippen molar-refractivity contribution in [2.24, 2.45) is 10.7 Å². The molecule has 0 heterocycles. The normalized spacial score (nSPS) is 11.1. The Morgan fingerprint density at radius 1 is 1.12 bits per heavy atom. The Bertz CT molecular complexity index is 561. The summed E-state index contributed by atoms with van der Waals surface area (Å²) in [5.41, 5.74) is 6.67. The number of guanidine groups is 1. The van der Waals surface area contributed by atoms with E-state index in [9.17, 15) is 4.79 Å². The quantitative estimate of drug-likeness (QED) is 0.275. The molecular formula is C18H29N3O4. The maximum atomic E-state index is 11.2. The van der Waals surface area contributed by atoms with Crippen molar-refractivity contribution in [1.82, 2.24) is 0 Å². The van der Waals surface area contributed by atoms with Crippen molar-refractivity contribution in [3.63, 3.8) is 0 Å². The SMILES string of the molecule is CCOC(=O)CCCCCCN=C(N)Nc1ccc(OC)c(OC)c1. The zero-order chi connectivity index (χ0) is 18.5. The molecule has 0 fully saturated rings. The number of aliphatic imine (C=N–C) groups is 1.